The van der Waals surface area contributed by atoms with E-state index < -0.39 is 17.2 Å². The average Bonchev–Trinajstić information content (AvgIpc) is 2.85. The van der Waals surface area contributed by atoms with E-state index in [4.69, 9.17) is 4.74 Å². The Morgan fingerprint density at radius 3 is 2.53 bits per heavy atom. The van der Waals surface area contributed by atoms with Crippen molar-refractivity contribution in [2.45, 2.75) is 13.0 Å². The first-order chi connectivity index (χ1) is 16.3. The predicted octanol–water partition coefficient (Wildman–Crippen LogP) is 3.45. The van der Waals surface area contributed by atoms with Crippen molar-refractivity contribution < 1.29 is 23.4 Å². The van der Waals surface area contributed by atoms with Crippen molar-refractivity contribution in [1.29, 1.82) is 0 Å². The van der Waals surface area contributed by atoms with Gasteiger partial charge in [0.2, 0.25) is 5.88 Å². The molecular formula is C25H21F2N3O4. The number of rotatable bonds is 6. The quantitative estimate of drug-likeness (QED) is 0.455. The van der Waals surface area contributed by atoms with Crippen molar-refractivity contribution in [2.75, 3.05) is 7.11 Å². The van der Waals surface area contributed by atoms with Crippen LogP contribution in [-0.4, -0.2) is 27.7 Å². The molecule has 0 saturated carbocycles. The molecule has 0 radical (unpaired) electrons. The number of aromatic hydroxyl groups is 1. The Morgan fingerprint density at radius 2 is 1.85 bits per heavy atom. The topological polar surface area (TPSA) is 93.5 Å². The lowest BCUT2D eigenvalue weighted by atomic mass is 10.0. The van der Waals surface area contributed by atoms with E-state index in [1.807, 2.05) is 0 Å². The van der Waals surface area contributed by atoms with E-state index in [1.165, 1.54) is 30.9 Å². The summed E-state index contributed by atoms with van der Waals surface area (Å²) in [6.07, 6.45) is 1.48. The first kappa shape index (κ1) is 22.9. The third-order valence-corrected chi connectivity index (χ3v) is 5.55. The van der Waals surface area contributed by atoms with E-state index in [2.05, 4.69) is 10.3 Å². The zero-order valence-electron chi connectivity index (χ0n) is 18.4. The summed E-state index contributed by atoms with van der Waals surface area (Å²) in [7, 11) is 3.05. The molecule has 34 heavy (non-hydrogen) atoms. The number of fused-ring (bicyclic) bond motifs is 1. The fourth-order valence-electron chi connectivity index (χ4n) is 3.67. The Morgan fingerprint density at radius 1 is 1.09 bits per heavy atom. The molecule has 0 aliphatic carbocycles. The maximum Gasteiger partial charge on any atom is 0.258 e. The number of ether oxygens (including phenoxy) is 1. The van der Waals surface area contributed by atoms with Crippen molar-refractivity contribution in [3.63, 3.8) is 0 Å². The molecule has 0 saturated heterocycles. The first-order valence-corrected chi connectivity index (χ1v) is 10.3. The summed E-state index contributed by atoms with van der Waals surface area (Å²) in [4.78, 5) is 29.6. The summed E-state index contributed by atoms with van der Waals surface area (Å²) in [5.74, 6) is -2.27. The van der Waals surface area contributed by atoms with E-state index >= 15 is 0 Å². The maximum atomic E-state index is 13.6. The minimum atomic E-state index is -1.04. The number of benzene rings is 2. The van der Waals surface area contributed by atoms with Gasteiger partial charge in [-0.1, -0.05) is 12.1 Å². The standard InChI is InChI=1S/C25H21F2N3O4/c1-30-21-7-5-16(24(32)29-13-15-4-8-22(34-2)28-12-15)11-17(21)23(31)18(25(30)33)9-14-3-6-19(26)20(27)10-14/h3-8,10-12,31H,9,13H2,1-2H3,(H,29,32). The molecule has 4 aromatic rings. The third-order valence-electron chi connectivity index (χ3n) is 5.55. The molecule has 9 heteroatoms. The molecule has 4 rings (SSSR count). The largest absolute Gasteiger partial charge is 0.507 e. The predicted molar refractivity (Wildman–Crippen MR) is 122 cm³/mol. The van der Waals surface area contributed by atoms with Crippen molar-refractivity contribution in [2.24, 2.45) is 7.05 Å². The molecule has 0 aliphatic rings. The molecule has 0 atom stereocenters. The van der Waals surface area contributed by atoms with Gasteiger partial charge in [-0.3, -0.25) is 9.59 Å². The SMILES string of the molecule is COc1ccc(CNC(=O)c2ccc3c(c2)c(O)c(Cc2ccc(F)c(F)c2)c(=O)n3C)cn1. The number of nitrogens with zero attached hydrogens (tertiary/aromatic N) is 2. The van der Waals surface area contributed by atoms with Crippen molar-refractivity contribution in [3.05, 3.63) is 99.0 Å². The number of pyridine rings is 2. The van der Waals surface area contributed by atoms with Gasteiger partial charge in [0.15, 0.2) is 11.6 Å². The van der Waals surface area contributed by atoms with E-state index in [0.717, 1.165) is 17.7 Å². The Kier molecular flexibility index (Phi) is 6.27. The summed E-state index contributed by atoms with van der Waals surface area (Å²) in [5.41, 5.74) is 1.34. The Bertz CT molecular complexity index is 1450. The number of carbonyl (C=O) groups is 1. The number of aryl methyl sites for hydroxylation is 1. The van der Waals surface area contributed by atoms with Crippen molar-refractivity contribution in [3.8, 4) is 11.6 Å². The highest BCUT2D eigenvalue weighted by Crippen LogP contribution is 2.29. The second kappa shape index (κ2) is 9.30. The van der Waals surface area contributed by atoms with Gasteiger partial charge in [0, 0.05) is 43.2 Å². The van der Waals surface area contributed by atoms with Crippen LogP contribution in [0.25, 0.3) is 10.9 Å². The van der Waals surface area contributed by atoms with Crippen LogP contribution >= 0.6 is 0 Å². The Hall–Kier alpha value is -4.27. The molecule has 174 valence electrons. The molecule has 0 unspecified atom stereocenters. The molecule has 0 aliphatic heterocycles. The van der Waals surface area contributed by atoms with Gasteiger partial charge in [-0.25, -0.2) is 13.8 Å². The number of nitrogens with one attached hydrogen (secondary N) is 1. The van der Waals surface area contributed by atoms with Crippen molar-refractivity contribution in [1.82, 2.24) is 14.9 Å². The highest BCUT2D eigenvalue weighted by atomic mass is 19.2. The van der Waals surface area contributed by atoms with Crippen molar-refractivity contribution >= 4 is 16.8 Å². The van der Waals surface area contributed by atoms with Gasteiger partial charge in [-0.05, 0) is 41.5 Å². The fourth-order valence-corrected chi connectivity index (χ4v) is 3.67. The molecule has 0 spiro atoms. The summed E-state index contributed by atoms with van der Waals surface area (Å²) in [6, 6.07) is 11.4. The minimum absolute atomic E-state index is 0.0165. The average molecular weight is 465 g/mol. The molecular weight excluding hydrogens is 444 g/mol. The number of amides is 1. The van der Waals surface area contributed by atoms with Crippen LogP contribution in [0, 0.1) is 11.6 Å². The maximum absolute atomic E-state index is 13.6. The summed E-state index contributed by atoms with van der Waals surface area (Å²) in [6.45, 7) is 0.231. The third kappa shape index (κ3) is 4.45. The van der Waals surface area contributed by atoms with Gasteiger partial charge in [-0.2, -0.15) is 0 Å². The van der Waals surface area contributed by atoms with E-state index in [0.29, 0.717) is 22.3 Å². The van der Waals surface area contributed by atoms with Gasteiger partial charge >= 0.3 is 0 Å². The van der Waals surface area contributed by atoms with E-state index in [1.54, 1.807) is 30.5 Å². The molecule has 0 bridgehead atoms. The van der Waals surface area contributed by atoms with Crippen LogP contribution < -0.4 is 15.6 Å². The van der Waals surface area contributed by atoms with E-state index in [-0.39, 0.29) is 35.7 Å². The van der Waals surface area contributed by atoms with Crippen LogP contribution in [0.1, 0.15) is 27.0 Å². The molecule has 2 heterocycles. The fraction of sp³-hybridized carbons (Fsp3) is 0.160. The summed E-state index contributed by atoms with van der Waals surface area (Å²) in [5, 5.41) is 13.9. The Balaban J connectivity index is 1.64. The van der Waals surface area contributed by atoms with Gasteiger partial charge in [-0.15, -0.1) is 0 Å². The highest BCUT2D eigenvalue weighted by molar-refractivity contribution is 5.99. The van der Waals surface area contributed by atoms with Gasteiger partial charge in [0.1, 0.15) is 5.75 Å². The summed E-state index contributed by atoms with van der Waals surface area (Å²) < 4.78 is 33.2. The van der Waals surface area contributed by atoms with Gasteiger partial charge in [0.25, 0.3) is 11.5 Å². The number of aromatic nitrogens is 2. The van der Waals surface area contributed by atoms with Gasteiger partial charge in [0.05, 0.1) is 18.2 Å². The minimum Gasteiger partial charge on any atom is -0.507 e. The second-order valence-corrected chi connectivity index (χ2v) is 7.74. The molecule has 7 nitrogen and oxygen atoms in total. The van der Waals surface area contributed by atoms with Crippen LogP contribution in [0.15, 0.2) is 59.5 Å². The summed E-state index contributed by atoms with van der Waals surface area (Å²) >= 11 is 0. The van der Waals surface area contributed by atoms with Gasteiger partial charge < -0.3 is 19.7 Å². The molecule has 2 aromatic carbocycles. The number of halogens is 2. The number of carbonyl (C=O) groups excluding carboxylic acids is 1. The number of methoxy groups -OCH3 is 1. The molecule has 2 aromatic heterocycles. The number of hydrogen-bond acceptors (Lipinski definition) is 5. The van der Waals surface area contributed by atoms with E-state index in [9.17, 15) is 23.5 Å². The molecule has 1 amide bonds. The van der Waals surface area contributed by atoms with Crippen LogP contribution in [-0.2, 0) is 20.0 Å². The lowest BCUT2D eigenvalue weighted by Crippen LogP contribution is -2.24. The lowest BCUT2D eigenvalue weighted by molar-refractivity contribution is 0.0951. The highest BCUT2D eigenvalue weighted by Gasteiger charge is 2.18. The van der Waals surface area contributed by atoms with Crippen LogP contribution in [0.4, 0.5) is 8.78 Å². The Labute approximate surface area is 193 Å². The van der Waals surface area contributed by atoms with Crippen LogP contribution in [0.2, 0.25) is 0 Å². The number of hydrogen-bond donors (Lipinski definition) is 2. The second-order valence-electron chi connectivity index (χ2n) is 7.74. The molecule has 0 fully saturated rings. The smallest absolute Gasteiger partial charge is 0.258 e. The lowest BCUT2D eigenvalue weighted by Gasteiger charge is -2.13. The van der Waals surface area contributed by atoms with Crippen LogP contribution in [0.5, 0.6) is 11.6 Å². The molecule has 2 N–H and O–H groups in total. The zero-order chi connectivity index (χ0) is 24.4. The normalized spacial score (nSPS) is 10.9. The van der Waals surface area contributed by atoms with Crippen LogP contribution in [0.3, 0.4) is 0 Å². The first-order valence-electron chi connectivity index (χ1n) is 10.3. The zero-order valence-corrected chi connectivity index (χ0v) is 18.4. The monoisotopic (exact) mass is 465 g/mol.